The maximum absolute atomic E-state index is 11.6. The van der Waals surface area contributed by atoms with Gasteiger partial charge in [0.15, 0.2) is 0 Å². The van der Waals surface area contributed by atoms with Gasteiger partial charge in [0.25, 0.3) is 5.24 Å². The summed E-state index contributed by atoms with van der Waals surface area (Å²) < 4.78 is 10.8. The molecule has 136 valence electrons. The van der Waals surface area contributed by atoms with E-state index in [-0.39, 0.29) is 16.4 Å². The molecule has 1 N–H and O–H groups in total. The summed E-state index contributed by atoms with van der Waals surface area (Å²) in [6.45, 7) is 1.09. The van der Waals surface area contributed by atoms with Crippen molar-refractivity contribution < 1.29 is 19.1 Å². The third kappa shape index (κ3) is 5.06. The van der Waals surface area contributed by atoms with Crippen LogP contribution in [0.1, 0.15) is 16.8 Å². The molecule has 0 saturated carbocycles. The second-order valence-electron chi connectivity index (χ2n) is 5.92. The number of benzene rings is 1. The van der Waals surface area contributed by atoms with E-state index in [0.717, 1.165) is 40.8 Å². The van der Waals surface area contributed by atoms with Crippen molar-refractivity contribution in [1.29, 1.82) is 0 Å². The lowest BCUT2D eigenvalue weighted by molar-refractivity contribution is -0.118. The summed E-state index contributed by atoms with van der Waals surface area (Å²) in [5, 5.41) is 1.68. The molecule has 2 heterocycles. The Balaban J connectivity index is 1.45. The van der Waals surface area contributed by atoms with Crippen molar-refractivity contribution in [3.05, 3.63) is 59.4 Å². The second-order valence-corrected chi connectivity index (χ2v) is 7.10. The predicted octanol–water partition coefficient (Wildman–Crippen LogP) is 2.74. The zero-order valence-corrected chi connectivity index (χ0v) is 15.3. The fraction of sp³-hybridized carbons (Fsp3) is 0.316. The first kappa shape index (κ1) is 18.4. The molecule has 1 aromatic carbocycles. The number of aromatic nitrogens is 1. The van der Waals surface area contributed by atoms with Gasteiger partial charge in [-0.2, -0.15) is 0 Å². The molecule has 1 aliphatic heterocycles. The van der Waals surface area contributed by atoms with Crippen LogP contribution in [0.25, 0.3) is 0 Å². The van der Waals surface area contributed by atoms with Gasteiger partial charge in [-0.1, -0.05) is 30.0 Å². The maximum Gasteiger partial charge on any atom is 0.286 e. The SMILES string of the molecule is COCc1ccc(CCOc2ccc(CC3SC(=O)NC3=O)cc2)nc1. The molecule has 1 unspecified atom stereocenters. The van der Waals surface area contributed by atoms with Crippen molar-refractivity contribution in [1.82, 2.24) is 10.3 Å². The van der Waals surface area contributed by atoms with Crippen LogP contribution in [0.5, 0.6) is 5.75 Å². The van der Waals surface area contributed by atoms with Gasteiger partial charge in [0.2, 0.25) is 5.91 Å². The summed E-state index contributed by atoms with van der Waals surface area (Å²) in [6, 6.07) is 11.6. The number of amides is 2. The first-order valence-electron chi connectivity index (χ1n) is 8.30. The second kappa shape index (κ2) is 8.82. The van der Waals surface area contributed by atoms with Crippen molar-refractivity contribution in [2.24, 2.45) is 0 Å². The zero-order valence-electron chi connectivity index (χ0n) is 14.4. The number of methoxy groups -OCH3 is 1. The number of hydrogen-bond acceptors (Lipinski definition) is 6. The van der Waals surface area contributed by atoms with Gasteiger partial charge in [0, 0.05) is 25.4 Å². The molecule has 6 nitrogen and oxygen atoms in total. The summed E-state index contributed by atoms with van der Waals surface area (Å²) in [5.41, 5.74) is 3.01. The van der Waals surface area contributed by atoms with Gasteiger partial charge in [-0.15, -0.1) is 0 Å². The summed E-state index contributed by atoms with van der Waals surface area (Å²) in [7, 11) is 1.66. The van der Waals surface area contributed by atoms with Gasteiger partial charge in [0.1, 0.15) is 5.75 Å². The third-order valence-corrected chi connectivity index (χ3v) is 4.92. The topological polar surface area (TPSA) is 77.5 Å². The lowest BCUT2D eigenvalue weighted by Crippen LogP contribution is -2.25. The highest BCUT2D eigenvalue weighted by Crippen LogP contribution is 2.23. The molecule has 1 saturated heterocycles. The van der Waals surface area contributed by atoms with E-state index < -0.39 is 0 Å². The van der Waals surface area contributed by atoms with Gasteiger partial charge in [0.05, 0.1) is 18.5 Å². The molecule has 0 aliphatic carbocycles. The molecule has 0 radical (unpaired) electrons. The normalized spacial score (nSPS) is 16.6. The average molecular weight is 372 g/mol. The molecule has 3 rings (SSSR count). The van der Waals surface area contributed by atoms with Crippen LogP contribution in [0.3, 0.4) is 0 Å². The van der Waals surface area contributed by atoms with Gasteiger partial charge in [-0.3, -0.25) is 19.9 Å². The summed E-state index contributed by atoms with van der Waals surface area (Å²) in [5.74, 6) is 0.550. The Hall–Kier alpha value is -2.38. The molecule has 0 bridgehead atoms. The third-order valence-electron chi connectivity index (χ3n) is 3.94. The predicted molar refractivity (Wildman–Crippen MR) is 99.2 cm³/mol. The van der Waals surface area contributed by atoms with E-state index in [1.54, 1.807) is 7.11 Å². The number of imide groups is 1. The molecular weight excluding hydrogens is 352 g/mol. The monoisotopic (exact) mass is 372 g/mol. The van der Waals surface area contributed by atoms with Crippen LogP contribution >= 0.6 is 11.8 Å². The molecule has 0 spiro atoms. The van der Waals surface area contributed by atoms with Crippen LogP contribution in [0, 0.1) is 0 Å². The summed E-state index contributed by atoms with van der Waals surface area (Å²) >= 11 is 1.04. The molecule has 2 aromatic rings. The van der Waals surface area contributed by atoms with Crippen molar-refractivity contribution in [3.8, 4) is 5.75 Å². The molecule has 2 amide bonds. The molecule has 26 heavy (non-hydrogen) atoms. The minimum absolute atomic E-state index is 0.218. The fourth-order valence-corrected chi connectivity index (χ4v) is 3.45. The van der Waals surface area contributed by atoms with Crippen LogP contribution in [0.2, 0.25) is 0 Å². The van der Waals surface area contributed by atoms with E-state index in [4.69, 9.17) is 9.47 Å². The Bertz CT molecular complexity index is 762. The first-order chi connectivity index (χ1) is 12.6. The van der Waals surface area contributed by atoms with E-state index in [0.29, 0.717) is 19.6 Å². The number of carbonyl (C=O) groups is 2. The first-order valence-corrected chi connectivity index (χ1v) is 9.18. The van der Waals surface area contributed by atoms with E-state index in [9.17, 15) is 9.59 Å². The molecular formula is C19H20N2O4S. The number of rotatable bonds is 8. The standard InChI is InChI=1S/C19H20N2O4S/c1-24-12-14-2-5-15(20-11-14)8-9-25-16-6-3-13(4-7-16)10-17-18(22)21-19(23)26-17/h2-7,11,17H,8-10,12H2,1H3,(H,21,22,23). The number of hydrogen-bond donors (Lipinski definition) is 1. The molecule has 7 heteroatoms. The fourth-order valence-electron chi connectivity index (χ4n) is 2.59. The number of carbonyl (C=O) groups excluding carboxylic acids is 2. The minimum atomic E-state index is -0.346. The lowest BCUT2D eigenvalue weighted by atomic mass is 10.1. The Morgan fingerprint density at radius 2 is 1.88 bits per heavy atom. The van der Waals surface area contributed by atoms with Crippen molar-refractivity contribution in [2.45, 2.75) is 24.7 Å². The molecule has 1 fully saturated rings. The lowest BCUT2D eigenvalue weighted by Gasteiger charge is -2.09. The van der Waals surface area contributed by atoms with Crippen LogP contribution < -0.4 is 10.1 Å². The van der Waals surface area contributed by atoms with E-state index in [1.165, 1.54) is 0 Å². The van der Waals surface area contributed by atoms with Gasteiger partial charge >= 0.3 is 0 Å². The summed E-state index contributed by atoms with van der Waals surface area (Å²) in [4.78, 5) is 27.2. The van der Waals surface area contributed by atoms with Crippen LogP contribution in [-0.2, 0) is 29.0 Å². The van der Waals surface area contributed by atoms with Gasteiger partial charge in [-0.25, -0.2) is 0 Å². The van der Waals surface area contributed by atoms with Gasteiger partial charge in [-0.05, 0) is 35.7 Å². The highest BCUT2D eigenvalue weighted by Gasteiger charge is 2.31. The highest BCUT2D eigenvalue weighted by molar-refractivity contribution is 8.15. The number of ether oxygens (including phenoxy) is 2. The van der Waals surface area contributed by atoms with Crippen LogP contribution in [0.4, 0.5) is 4.79 Å². The van der Waals surface area contributed by atoms with E-state index >= 15 is 0 Å². The number of nitrogens with one attached hydrogen (secondary N) is 1. The Morgan fingerprint density at radius 3 is 2.50 bits per heavy atom. The average Bonchev–Trinajstić information content (AvgIpc) is 2.95. The van der Waals surface area contributed by atoms with Crippen molar-refractivity contribution in [3.63, 3.8) is 0 Å². The zero-order chi connectivity index (χ0) is 18.4. The Morgan fingerprint density at radius 1 is 1.12 bits per heavy atom. The van der Waals surface area contributed by atoms with Crippen LogP contribution in [-0.4, -0.2) is 35.1 Å². The van der Waals surface area contributed by atoms with E-state index in [2.05, 4.69) is 10.3 Å². The Labute approximate surface area is 156 Å². The minimum Gasteiger partial charge on any atom is -0.493 e. The molecule has 1 aliphatic rings. The van der Waals surface area contributed by atoms with Crippen molar-refractivity contribution in [2.75, 3.05) is 13.7 Å². The van der Waals surface area contributed by atoms with Gasteiger partial charge < -0.3 is 9.47 Å². The molecule has 1 aromatic heterocycles. The van der Waals surface area contributed by atoms with E-state index in [1.807, 2.05) is 42.6 Å². The number of pyridine rings is 1. The largest absolute Gasteiger partial charge is 0.493 e. The smallest absolute Gasteiger partial charge is 0.286 e. The Kier molecular flexibility index (Phi) is 6.25. The van der Waals surface area contributed by atoms with Crippen molar-refractivity contribution >= 4 is 22.9 Å². The summed E-state index contributed by atoms with van der Waals surface area (Å²) in [6.07, 6.45) is 3.06. The molecule has 1 atom stereocenters. The number of nitrogens with zero attached hydrogens (tertiary/aromatic N) is 1. The quantitative estimate of drug-likeness (QED) is 0.768. The van der Waals surface area contributed by atoms with Crippen LogP contribution in [0.15, 0.2) is 42.6 Å². The maximum atomic E-state index is 11.6. The highest BCUT2D eigenvalue weighted by atomic mass is 32.2. The number of thioether (sulfide) groups is 1.